The minimum Gasteiger partial charge on any atom is -0.309 e. The highest BCUT2D eigenvalue weighted by Crippen LogP contribution is 2.36. The van der Waals surface area contributed by atoms with Gasteiger partial charge >= 0.3 is 0 Å². The smallest absolute Gasteiger partial charge is 0.140 e. The number of nitrogens with one attached hydrogen (secondary N) is 1. The van der Waals surface area contributed by atoms with Crippen LogP contribution in [0.1, 0.15) is 44.9 Å². The van der Waals surface area contributed by atoms with Crippen LogP contribution < -0.4 is 5.32 Å². The van der Waals surface area contributed by atoms with Crippen LogP contribution in [0.25, 0.3) is 0 Å². The highest BCUT2D eigenvalue weighted by molar-refractivity contribution is 6.18. The van der Waals surface area contributed by atoms with Crippen LogP contribution in [0, 0.1) is 5.41 Å². The summed E-state index contributed by atoms with van der Waals surface area (Å²) in [4.78, 5) is 4.27. The van der Waals surface area contributed by atoms with Crippen LogP contribution in [-0.2, 0) is 13.1 Å². The van der Waals surface area contributed by atoms with Gasteiger partial charge in [-0.25, -0.2) is 9.67 Å². The number of hydrogen-bond donors (Lipinski definition) is 1. The molecule has 1 aliphatic rings. The predicted octanol–water partition coefficient (Wildman–Crippen LogP) is 2.58. The Labute approximate surface area is 114 Å². The van der Waals surface area contributed by atoms with Gasteiger partial charge in [-0.05, 0) is 25.2 Å². The molecule has 1 fully saturated rings. The molecule has 18 heavy (non-hydrogen) atoms. The molecule has 102 valence electrons. The van der Waals surface area contributed by atoms with Crippen LogP contribution in [0.4, 0.5) is 0 Å². The number of aryl methyl sites for hydroxylation is 1. The number of nitrogens with zero attached hydrogens (tertiary/aromatic N) is 3. The van der Waals surface area contributed by atoms with Crippen molar-refractivity contribution in [3.63, 3.8) is 0 Å². The van der Waals surface area contributed by atoms with Crippen LogP contribution in [-0.4, -0.2) is 27.2 Å². The summed E-state index contributed by atoms with van der Waals surface area (Å²) in [5.41, 5.74) is 0.302. The molecular formula is C13H23ClN4. The fourth-order valence-corrected chi connectivity index (χ4v) is 3.15. The van der Waals surface area contributed by atoms with Crippen molar-refractivity contribution in [1.82, 2.24) is 20.1 Å². The molecule has 4 nitrogen and oxygen atoms in total. The summed E-state index contributed by atoms with van der Waals surface area (Å²) >= 11 is 6.18. The first-order chi connectivity index (χ1) is 8.79. The molecule has 0 atom stereocenters. The molecule has 1 N–H and O–H groups in total. The molecule has 1 aromatic rings. The van der Waals surface area contributed by atoms with E-state index in [2.05, 4.69) is 22.3 Å². The Morgan fingerprint density at radius 1 is 1.39 bits per heavy atom. The van der Waals surface area contributed by atoms with Gasteiger partial charge in [-0.15, -0.1) is 11.6 Å². The summed E-state index contributed by atoms with van der Waals surface area (Å²) in [6.07, 6.45) is 8.13. The average Bonchev–Trinajstić information content (AvgIpc) is 2.87. The van der Waals surface area contributed by atoms with E-state index in [1.165, 1.54) is 32.1 Å². The highest BCUT2D eigenvalue weighted by Gasteiger charge is 2.30. The van der Waals surface area contributed by atoms with Gasteiger partial charge < -0.3 is 5.32 Å². The van der Waals surface area contributed by atoms with Gasteiger partial charge in [0.1, 0.15) is 12.2 Å². The largest absolute Gasteiger partial charge is 0.309 e. The Bertz CT molecular complexity index is 358. The molecular weight excluding hydrogens is 248 g/mol. The first kappa shape index (κ1) is 13.8. The Morgan fingerprint density at radius 2 is 2.17 bits per heavy atom. The molecule has 2 rings (SSSR count). The highest BCUT2D eigenvalue weighted by atomic mass is 35.5. The van der Waals surface area contributed by atoms with Crippen molar-refractivity contribution in [3.8, 4) is 0 Å². The quantitative estimate of drug-likeness (QED) is 0.808. The minimum atomic E-state index is 0.302. The number of halogens is 1. The number of hydrogen-bond acceptors (Lipinski definition) is 3. The summed E-state index contributed by atoms with van der Waals surface area (Å²) in [5, 5.41) is 7.69. The molecule has 1 aromatic heterocycles. The zero-order valence-electron chi connectivity index (χ0n) is 11.2. The Balaban J connectivity index is 1.83. The monoisotopic (exact) mass is 270 g/mol. The normalized spacial score (nSPS) is 19.0. The zero-order chi connectivity index (χ0) is 12.8. The zero-order valence-corrected chi connectivity index (χ0v) is 11.9. The lowest BCUT2D eigenvalue weighted by Crippen LogP contribution is -2.37. The molecule has 1 heterocycles. The fraction of sp³-hybridized carbons (Fsp3) is 0.846. The second-order valence-corrected chi connectivity index (χ2v) is 5.56. The van der Waals surface area contributed by atoms with Gasteiger partial charge in [-0.1, -0.05) is 19.3 Å². The third kappa shape index (κ3) is 3.23. The minimum absolute atomic E-state index is 0.302. The van der Waals surface area contributed by atoms with E-state index in [0.29, 0.717) is 5.41 Å². The number of alkyl halides is 1. The molecule has 1 saturated carbocycles. The molecule has 0 saturated heterocycles. The van der Waals surface area contributed by atoms with Crippen LogP contribution in [0.3, 0.4) is 0 Å². The van der Waals surface area contributed by atoms with Crippen LogP contribution >= 0.6 is 11.6 Å². The molecule has 1 aliphatic carbocycles. The molecule has 0 aromatic carbocycles. The molecule has 0 bridgehead atoms. The van der Waals surface area contributed by atoms with E-state index in [1.54, 1.807) is 6.33 Å². The van der Waals surface area contributed by atoms with E-state index in [-0.39, 0.29) is 0 Å². The van der Waals surface area contributed by atoms with Crippen molar-refractivity contribution in [1.29, 1.82) is 0 Å². The van der Waals surface area contributed by atoms with Gasteiger partial charge in [0.05, 0.1) is 6.54 Å². The SMILES string of the molecule is CCn1ncnc1CNCC1(CCl)CCCCC1. The van der Waals surface area contributed by atoms with E-state index in [0.717, 1.165) is 31.3 Å². The maximum Gasteiger partial charge on any atom is 0.140 e. The lowest BCUT2D eigenvalue weighted by Gasteiger charge is -2.35. The average molecular weight is 271 g/mol. The van der Waals surface area contributed by atoms with Gasteiger partial charge in [0.2, 0.25) is 0 Å². The third-order valence-electron chi connectivity index (χ3n) is 3.98. The van der Waals surface area contributed by atoms with Crippen LogP contribution in [0.15, 0.2) is 6.33 Å². The van der Waals surface area contributed by atoms with E-state index < -0.39 is 0 Å². The van der Waals surface area contributed by atoms with Gasteiger partial charge in [0.25, 0.3) is 0 Å². The summed E-state index contributed by atoms with van der Waals surface area (Å²) in [6, 6.07) is 0. The van der Waals surface area contributed by atoms with Gasteiger partial charge in [-0.3, -0.25) is 0 Å². The Morgan fingerprint density at radius 3 is 2.83 bits per heavy atom. The van der Waals surface area contributed by atoms with E-state index in [1.807, 2.05) is 4.68 Å². The summed E-state index contributed by atoms with van der Waals surface area (Å²) in [5.74, 6) is 1.78. The second kappa shape index (κ2) is 6.53. The third-order valence-corrected chi connectivity index (χ3v) is 4.54. The molecule has 0 aliphatic heterocycles. The van der Waals surface area contributed by atoms with Crippen molar-refractivity contribution in [2.24, 2.45) is 5.41 Å². The van der Waals surface area contributed by atoms with Crippen molar-refractivity contribution >= 4 is 11.6 Å². The Kier molecular flexibility index (Phi) is 5.01. The summed E-state index contributed by atoms with van der Waals surface area (Å²) < 4.78 is 1.93. The predicted molar refractivity (Wildman–Crippen MR) is 73.6 cm³/mol. The van der Waals surface area contributed by atoms with Crippen molar-refractivity contribution in [2.75, 3.05) is 12.4 Å². The fourth-order valence-electron chi connectivity index (χ4n) is 2.79. The van der Waals surface area contributed by atoms with Crippen molar-refractivity contribution in [3.05, 3.63) is 12.2 Å². The molecule has 5 heteroatoms. The van der Waals surface area contributed by atoms with Gasteiger partial charge in [0, 0.05) is 19.0 Å². The maximum absolute atomic E-state index is 6.18. The number of rotatable bonds is 6. The molecule has 0 amide bonds. The first-order valence-electron chi connectivity index (χ1n) is 6.93. The molecule has 0 radical (unpaired) electrons. The first-order valence-corrected chi connectivity index (χ1v) is 7.46. The molecule has 0 spiro atoms. The number of aromatic nitrogens is 3. The topological polar surface area (TPSA) is 42.7 Å². The lowest BCUT2D eigenvalue weighted by molar-refractivity contribution is 0.211. The second-order valence-electron chi connectivity index (χ2n) is 5.29. The standard InChI is InChI=1S/C13H23ClN4/c1-2-18-12(16-11-17-18)8-15-10-13(9-14)6-4-3-5-7-13/h11,15H,2-10H2,1H3. The van der Waals surface area contributed by atoms with Crippen molar-refractivity contribution < 1.29 is 0 Å². The van der Waals surface area contributed by atoms with Crippen LogP contribution in [0.2, 0.25) is 0 Å². The molecule has 0 unspecified atom stereocenters. The van der Waals surface area contributed by atoms with Gasteiger partial charge in [0.15, 0.2) is 0 Å². The van der Waals surface area contributed by atoms with E-state index in [9.17, 15) is 0 Å². The van der Waals surface area contributed by atoms with E-state index >= 15 is 0 Å². The van der Waals surface area contributed by atoms with Gasteiger partial charge in [-0.2, -0.15) is 5.10 Å². The summed E-state index contributed by atoms with van der Waals surface area (Å²) in [6.45, 7) is 4.73. The van der Waals surface area contributed by atoms with E-state index in [4.69, 9.17) is 11.6 Å². The van der Waals surface area contributed by atoms with Crippen molar-refractivity contribution in [2.45, 2.75) is 52.1 Å². The lowest BCUT2D eigenvalue weighted by atomic mass is 9.75. The maximum atomic E-state index is 6.18. The summed E-state index contributed by atoms with van der Waals surface area (Å²) in [7, 11) is 0. The van der Waals surface area contributed by atoms with Crippen LogP contribution in [0.5, 0.6) is 0 Å². The Hall–Kier alpha value is -0.610.